The van der Waals surface area contributed by atoms with Crippen LogP contribution >= 0.6 is 0 Å². The lowest BCUT2D eigenvalue weighted by Crippen LogP contribution is -2.69. The topological polar surface area (TPSA) is 113 Å². The van der Waals surface area contributed by atoms with Gasteiger partial charge in [-0.1, -0.05) is 52.4 Å². The highest BCUT2D eigenvalue weighted by Crippen LogP contribution is 2.47. The molecule has 3 rings (SSSR count). The number of hydrogen-bond acceptors (Lipinski definition) is 5. The molecule has 0 aliphatic heterocycles. The first kappa shape index (κ1) is 29.4. The van der Waals surface area contributed by atoms with Gasteiger partial charge in [0.15, 0.2) is 0 Å². The van der Waals surface area contributed by atoms with Gasteiger partial charge in [-0.3, -0.25) is 14.3 Å². The number of anilines is 1. The molecule has 0 heterocycles. The van der Waals surface area contributed by atoms with E-state index >= 15 is 0 Å². The van der Waals surface area contributed by atoms with E-state index in [-0.39, 0.29) is 23.7 Å². The fourth-order valence-electron chi connectivity index (χ4n) is 6.68. The Balaban J connectivity index is 2.08. The Morgan fingerprint density at radius 1 is 0.892 bits per heavy atom. The summed E-state index contributed by atoms with van der Waals surface area (Å²) in [5, 5.41) is 0. The van der Waals surface area contributed by atoms with Crippen molar-refractivity contribution in [1.29, 1.82) is 0 Å². The maximum Gasteiger partial charge on any atom is 0.254 e. The van der Waals surface area contributed by atoms with Crippen LogP contribution in [0.15, 0.2) is 24.3 Å². The average Bonchev–Trinajstić information content (AvgIpc) is 2.88. The molecule has 2 amide bonds. The van der Waals surface area contributed by atoms with Crippen LogP contribution in [0.1, 0.15) is 88.4 Å². The summed E-state index contributed by atoms with van der Waals surface area (Å²) in [6.07, 6.45) is 11.2. The number of carbonyl (C=O) groups is 2. The van der Waals surface area contributed by atoms with Gasteiger partial charge in [0.25, 0.3) is 5.91 Å². The number of nitrogens with zero attached hydrogens (tertiary/aromatic N) is 2. The van der Waals surface area contributed by atoms with Gasteiger partial charge in [0.05, 0.1) is 6.26 Å². The zero-order chi connectivity index (χ0) is 27.1. The first-order valence-electron chi connectivity index (χ1n) is 14.1. The minimum absolute atomic E-state index is 0.0497. The van der Waals surface area contributed by atoms with E-state index < -0.39 is 15.6 Å². The number of primary amides is 1. The molecule has 9 heteroatoms. The summed E-state index contributed by atoms with van der Waals surface area (Å²) in [5.41, 5.74) is 6.21. The number of carbonyl (C=O) groups excluding carboxylic acids is 2. The van der Waals surface area contributed by atoms with Crippen LogP contribution in [0.25, 0.3) is 0 Å². The van der Waals surface area contributed by atoms with Crippen LogP contribution in [0.4, 0.5) is 5.69 Å². The number of amides is 2. The number of nitrogens with two attached hydrogens (primary N) is 1. The molecule has 2 saturated carbocycles. The highest BCUT2D eigenvalue weighted by molar-refractivity contribution is 7.92. The van der Waals surface area contributed by atoms with Crippen molar-refractivity contribution in [2.75, 3.05) is 37.2 Å². The maximum absolute atomic E-state index is 14.3. The second-order valence-corrected chi connectivity index (χ2v) is 12.5. The average molecular weight is 535 g/mol. The van der Waals surface area contributed by atoms with E-state index in [0.29, 0.717) is 24.3 Å². The van der Waals surface area contributed by atoms with Crippen molar-refractivity contribution in [3.05, 3.63) is 29.8 Å². The zero-order valence-electron chi connectivity index (χ0n) is 22.9. The quantitative estimate of drug-likeness (QED) is 0.417. The Labute approximate surface area is 223 Å². The molecule has 0 aromatic heterocycles. The lowest BCUT2D eigenvalue weighted by molar-refractivity contribution is -0.140. The van der Waals surface area contributed by atoms with E-state index in [9.17, 15) is 18.0 Å². The van der Waals surface area contributed by atoms with Crippen molar-refractivity contribution < 1.29 is 18.0 Å². The third-order valence-corrected chi connectivity index (χ3v) is 9.12. The molecule has 2 fully saturated rings. The summed E-state index contributed by atoms with van der Waals surface area (Å²) in [7, 11) is -3.43. The van der Waals surface area contributed by atoms with E-state index in [2.05, 4.69) is 23.5 Å². The summed E-state index contributed by atoms with van der Waals surface area (Å²) in [6, 6.07) is 6.50. The summed E-state index contributed by atoms with van der Waals surface area (Å²) in [5.74, 6) is -0.468. The van der Waals surface area contributed by atoms with E-state index in [1.54, 1.807) is 24.3 Å². The van der Waals surface area contributed by atoms with Crippen LogP contribution in [0.5, 0.6) is 0 Å². The Morgan fingerprint density at radius 3 is 1.78 bits per heavy atom. The second-order valence-electron chi connectivity index (χ2n) is 10.8. The Hall–Kier alpha value is -2.13. The van der Waals surface area contributed by atoms with Crippen molar-refractivity contribution in [2.24, 2.45) is 17.6 Å². The molecule has 0 bridgehead atoms. The van der Waals surface area contributed by atoms with Crippen LogP contribution in [0.2, 0.25) is 0 Å². The monoisotopic (exact) mass is 534 g/mol. The minimum Gasteiger partial charge on any atom is -0.368 e. The molecule has 0 atom stereocenters. The molecule has 37 heavy (non-hydrogen) atoms. The number of benzene rings is 1. The second kappa shape index (κ2) is 13.1. The van der Waals surface area contributed by atoms with Gasteiger partial charge in [0.2, 0.25) is 15.9 Å². The standard InChI is InChI=1S/C28H46N4O4S/c1-4-31(5-2)20-21-32(26(33)22-16-18-25(19-17-22)30-37(3,35)36)28(27(29)34,23-12-8-6-9-13-23)24-14-10-7-11-15-24/h16-19,23-24,30H,4-15,20-21H2,1-3H3,(H2,29,34). The Morgan fingerprint density at radius 2 is 1.38 bits per heavy atom. The number of rotatable bonds is 12. The first-order valence-corrected chi connectivity index (χ1v) is 15.9. The zero-order valence-corrected chi connectivity index (χ0v) is 23.7. The van der Waals surface area contributed by atoms with Gasteiger partial charge in [-0.05, 0) is 74.9 Å². The SMILES string of the molecule is CCN(CC)CCN(C(=O)c1ccc(NS(C)(=O)=O)cc1)C(C(N)=O)(C1CCCCC1)C1CCCCC1. The smallest absolute Gasteiger partial charge is 0.254 e. The third kappa shape index (κ3) is 7.05. The molecular formula is C28H46N4O4S. The molecule has 1 aromatic carbocycles. The number of likely N-dealkylation sites (N-methyl/N-ethyl adjacent to an activating group) is 1. The molecule has 1 aromatic rings. The van der Waals surface area contributed by atoms with Crippen LogP contribution in [-0.4, -0.2) is 68.0 Å². The van der Waals surface area contributed by atoms with E-state index in [1.807, 2.05) is 4.90 Å². The number of sulfonamides is 1. The molecule has 0 radical (unpaired) electrons. The molecule has 0 saturated heterocycles. The number of hydrogen-bond donors (Lipinski definition) is 2. The van der Waals surface area contributed by atoms with Crippen LogP contribution in [-0.2, 0) is 14.8 Å². The van der Waals surface area contributed by atoms with Gasteiger partial charge in [-0.15, -0.1) is 0 Å². The molecule has 0 unspecified atom stereocenters. The van der Waals surface area contributed by atoms with E-state index in [4.69, 9.17) is 5.73 Å². The summed E-state index contributed by atoms with van der Waals surface area (Å²) < 4.78 is 25.7. The van der Waals surface area contributed by atoms with Crippen LogP contribution in [0.3, 0.4) is 0 Å². The normalized spacial score (nSPS) is 18.1. The predicted molar refractivity (Wildman–Crippen MR) is 149 cm³/mol. The molecule has 2 aliphatic carbocycles. The van der Waals surface area contributed by atoms with Crippen LogP contribution < -0.4 is 10.5 Å². The van der Waals surface area contributed by atoms with E-state index in [1.165, 1.54) is 0 Å². The Bertz CT molecular complexity index is 978. The van der Waals surface area contributed by atoms with Crippen molar-refractivity contribution in [1.82, 2.24) is 9.80 Å². The molecule has 3 N–H and O–H groups in total. The fraction of sp³-hybridized carbons (Fsp3) is 0.714. The van der Waals surface area contributed by atoms with Crippen LogP contribution in [0, 0.1) is 11.8 Å². The summed E-state index contributed by atoms with van der Waals surface area (Å²) in [6.45, 7) is 7.03. The highest BCUT2D eigenvalue weighted by Gasteiger charge is 2.55. The molecular weight excluding hydrogens is 488 g/mol. The molecule has 208 valence electrons. The third-order valence-electron chi connectivity index (χ3n) is 8.51. The van der Waals surface area contributed by atoms with Crippen molar-refractivity contribution >= 4 is 27.5 Å². The first-order chi connectivity index (χ1) is 17.6. The fourth-order valence-corrected chi connectivity index (χ4v) is 7.25. The van der Waals surface area contributed by atoms with Gasteiger partial charge in [0, 0.05) is 24.3 Å². The lowest BCUT2D eigenvalue weighted by atomic mass is 9.62. The predicted octanol–water partition coefficient (Wildman–Crippen LogP) is 4.23. The summed E-state index contributed by atoms with van der Waals surface area (Å²) in [4.78, 5) is 32.2. The largest absolute Gasteiger partial charge is 0.368 e. The van der Waals surface area contributed by atoms with Gasteiger partial charge in [-0.25, -0.2) is 8.42 Å². The van der Waals surface area contributed by atoms with Crippen molar-refractivity contribution in [3.8, 4) is 0 Å². The maximum atomic E-state index is 14.3. The van der Waals surface area contributed by atoms with Gasteiger partial charge < -0.3 is 15.5 Å². The molecule has 0 spiro atoms. The molecule has 8 nitrogen and oxygen atoms in total. The Kier molecular flexibility index (Phi) is 10.4. The van der Waals surface area contributed by atoms with Gasteiger partial charge in [0.1, 0.15) is 5.54 Å². The van der Waals surface area contributed by atoms with Crippen molar-refractivity contribution in [2.45, 2.75) is 83.6 Å². The lowest BCUT2D eigenvalue weighted by Gasteiger charge is -2.53. The highest BCUT2D eigenvalue weighted by atomic mass is 32.2. The van der Waals surface area contributed by atoms with Crippen molar-refractivity contribution in [3.63, 3.8) is 0 Å². The van der Waals surface area contributed by atoms with Gasteiger partial charge >= 0.3 is 0 Å². The summed E-state index contributed by atoms with van der Waals surface area (Å²) >= 11 is 0. The van der Waals surface area contributed by atoms with E-state index in [0.717, 1.165) is 83.6 Å². The van der Waals surface area contributed by atoms with Gasteiger partial charge in [-0.2, -0.15) is 0 Å². The number of nitrogens with one attached hydrogen (secondary N) is 1. The molecule has 2 aliphatic rings. The minimum atomic E-state index is -3.43.